The van der Waals surface area contributed by atoms with Crippen molar-refractivity contribution in [3.8, 4) is 0 Å². The Hall–Kier alpha value is -1.29. The Kier molecular flexibility index (Phi) is 2.52. The van der Waals surface area contributed by atoms with Crippen LogP contribution in [0, 0.1) is 6.92 Å². The minimum absolute atomic E-state index is 0.0300. The maximum absolute atomic E-state index is 11.6. The highest BCUT2D eigenvalue weighted by molar-refractivity contribution is 5.77. The molecule has 1 aromatic heterocycles. The molecule has 1 amide bonds. The summed E-state index contributed by atoms with van der Waals surface area (Å²) in [5.41, 5.74) is 7.09. The third kappa shape index (κ3) is 1.65. The molecule has 15 heavy (non-hydrogen) atoms. The van der Waals surface area contributed by atoms with Gasteiger partial charge in [0, 0.05) is 19.5 Å². The molecule has 2 unspecified atom stereocenters. The molecule has 0 radical (unpaired) electrons. The number of nitrogens with two attached hydrogens (primary N) is 1. The van der Waals surface area contributed by atoms with Crippen LogP contribution in [0.2, 0.25) is 0 Å². The first-order valence-corrected chi connectivity index (χ1v) is 5.16. The normalized spacial score (nSPS) is 27.1. The molecule has 1 aliphatic rings. The number of likely N-dealkylation sites (N-methyl/N-ethyl adjacent to an activating group) is 1. The number of hydrogen-bond donors (Lipinski definition) is 1. The maximum Gasteiger partial charge on any atom is 0.223 e. The van der Waals surface area contributed by atoms with Crippen LogP contribution in [0.4, 0.5) is 0 Å². The molecule has 2 N–H and O–H groups in total. The van der Waals surface area contributed by atoms with Gasteiger partial charge in [0.1, 0.15) is 11.8 Å². The second kappa shape index (κ2) is 3.70. The van der Waals surface area contributed by atoms with Gasteiger partial charge in [0.2, 0.25) is 5.91 Å². The van der Waals surface area contributed by atoms with E-state index < -0.39 is 0 Å². The summed E-state index contributed by atoms with van der Waals surface area (Å²) in [7, 11) is 1.79. The number of amides is 1. The first-order valence-electron chi connectivity index (χ1n) is 5.16. The zero-order valence-electron chi connectivity index (χ0n) is 9.06. The second-order valence-electron chi connectivity index (χ2n) is 4.12. The van der Waals surface area contributed by atoms with Gasteiger partial charge in [-0.25, -0.2) is 0 Å². The van der Waals surface area contributed by atoms with Gasteiger partial charge in [-0.1, -0.05) is 0 Å². The van der Waals surface area contributed by atoms with Crippen molar-refractivity contribution < 1.29 is 9.21 Å². The molecule has 2 heterocycles. The Balaban J connectivity index is 2.33. The highest BCUT2D eigenvalue weighted by Gasteiger charge is 2.35. The number of nitrogens with zero attached hydrogens (tertiary/aromatic N) is 1. The minimum atomic E-state index is -0.110. The highest BCUT2D eigenvalue weighted by atomic mass is 16.3. The average Bonchev–Trinajstić information content (AvgIpc) is 2.60. The fourth-order valence-electron chi connectivity index (χ4n) is 2.12. The summed E-state index contributed by atoms with van der Waals surface area (Å²) >= 11 is 0. The molecule has 82 valence electrons. The van der Waals surface area contributed by atoms with E-state index >= 15 is 0 Å². The minimum Gasteiger partial charge on any atom is -0.467 e. The van der Waals surface area contributed by atoms with E-state index in [4.69, 9.17) is 10.2 Å². The van der Waals surface area contributed by atoms with Crippen molar-refractivity contribution in [2.24, 2.45) is 5.73 Å². The van der Waals surface area contributed by atoms with Gasteiger partial charge in [-0.2, -0.15) is 0 Å². The van der Waals surface area contributed by atoms with Crippen molar-refractivity contribution in [2.45, 2.75) is 31.8 Å². The fourth-order valence-corrected chi connectivity index (χ4v) is 2.12. The van der Waals surface area contributed by atoms with E-state index in [0.29, 0.717) is 6.42 Å². The lowest BCUT2D eigenvalue weighted by molar-refractivity contribution is -0.136. The number of hydrogen-bond acceptors (Lipinski definition) is 3. The van der Waals surface area contributed by atoms with Crippen molar-refractivity contribution in [3.63, 3.8) is 0 Å². The summed E-state index contributed by atoms with van der Waals surface area (Å²) in [5.74, 6) is 0.954. The predicted molar refractivity (Wildman–Crippen MR) is 56.2 cm³/mol. The quantitative estimate of drug-likeness (QED) is 0.754. The third-order valence-corrected chi connectivity index (χ3v) is 3.08. The molecule has 1 aliphatic heterocycles. The molecule has 1 saturated heterocycles. The summed E-state index contributed by atoms with van der Waals surface area (Å²) < 4.78 is 5.42. The first-order chi connectivity index (χ1) is 7.11. The summed E-state index contributed by atoms with van der Waals surface area (Å²) in [6, 6.07) is 1.76. The zero-order chi connectivity index (χ0) is 11.0. The molecule has 0 spiro atoms. The van der Waals surface area contributed by atoms with Crippen LogP contribution in [0.25, 0.3) is 0 Å². The molecular formula is C11H16N2O2. The Bertz CT molecular complexity index is 372. The van der Waals surface area contributed by atoms with E-state index in [0.717, 1.165) is 17.7 Å². The van der Waals surface area contributed by atoms with Gasteiger partial charge in [0.05, 0.1) is 6.26 Å². The Labute approximate surface area is 89.0 Å². The molecule has 0 bridgehead atoms. The molecule has 4 nitrogen and oxygen atoms in total. The summed E-state index contributed by atoms with van der Waals surface area (Å²) in [4.78, 5) is 13.3. The first kappa shape index (κ1) is 10.2. The van der Waals surface area contributed by atoms with Crippen LogP contribution in [-0.2, 0) is 4.79 Å². The van der Waals surface area contributed by atoms with Crippen molar-refractivity contribution in [2.75, 3.05) is 7.05 Å². The number of carbonyl (C=O) groups excluding carboxylic acids is 1. The van der Waals surface area contributed by atoms with Gasteiger partial charge >= 0.3 is 0 Å². The summed E-state index contributed by atoms with van der Waals surface area (Å²) in [5, 5.41) is 0. The second-order valence-corrected chi connectivity index (χ2v) is 4.12. The van der Waals surface area contributed by atoms with Gasteiger partial charge in [-0.15, -0.1) is 0 Å². The van der Waals surface area contributed by atoms with Crippen molar-refractivity contribution in [3.05, 3.63) is 23.7 Å². The molecule has 2 atom stereocenters. The topological polar surface area (TPSA) is 59.5 Å². The monoisotopic (exact) mass is 208 g/mol. The van der Waals surface area contributed by atoms with E-state index in [-0.39, 0.29) is 18.0 Å². The van der Waals surface area contributed by atoms with Crippen LogP contribution >= 0.6 is 0 Å². The van der Waals surface area contributed by atoms with Crippen molar-refractivity contribution in [1.82, 2.24) is 4.90 Å². The van der Waals surface area contributed by atoms with E-state index in [1.165, 1.54) is 0 Å². The van der Waals surface area contributed by atoms with E-state index in [2.05, 4.69) is 0 Å². The summed E-state index contributed by atoms with van der Waals surface area (Å²) in [6.45, 7) is 1.97. The molecule has 1 aromatic rings. The molecule has 0 aliphatic carbocycles. The van der Waals surface area contributed by atoms with Gasteiger partial charge in [0.15, 0.2) is 0 Å². The van der Waals surface area contributed by atoms with Crippen LogP contribution in [-0.4, -0.2) is 23.9 Å². The molecule has 4 heteroatoms. The number of piperidine rings is 1. The van der Waals surface area contributed by atoms with E-state index in [1.54, 1.807) is 18.2 Å². The highest BCUT2D eigenvalue weighted by Crippen LogP contribution is 2.31. The van der Waals surface area contributed by atoms with Crippen LogP contribution < -0.4 is 5.73 Å². The summed E-state index contributed by atoms with van der Waals surface area (Å²) in [6.07, 6.45) is 2.91. The molecule has 1 fully saturated rings. The van der Waals surface area contributed by atoms with Gasteiger partial charge in [-0.3, -0.25) is 4.79 Å². The Morgan fingerprint density at radius 3 is 2.93 bits per heavy atom. The lowest BCUT2D eigenvalue weighted by Crippen LogP contribution is -2.46. The lowest BCUT2D eigenvalue weighted by atomic mass is 9.93. The van der Waals surface area contributed by atoms with Crippen molar-refractivity contribution >= 4 is 5.91 Å². The fraction of sp³-hybridized carbons (Fsp3) is 0.545. The number of carbonyl (C=O) groups is 1. The molecule has 2 rings (SSSR count). The van der Waals surface area contributed by atoms with Crippen LogP contribution in [0.5, 0.6) is 0 Å². The lowest BCUT2D eigenvalue weighted by Gasteiger charge is -2.36. The van der Waals surface area contributed by atoms with Crippen LogP contribution in [0.15, 0.2) is 16.7 Å². The smallest absolute Gasteiger partial charge is 0.223 e. The molecular weight excluding hydrogens is 192 g/mol. The SMILES string of the molecule is Cc1ccoc1C1C(N)CCC(=O)N1C. The Morgan fingerprint density at radius 1 is 1.60 bits per heavy atom. The van der Waals surface area contributed by atoms with Gasteiger partial charge in [-0.05, 0) is 25.0 Å². The average molecular weight is 208 g/mol. The van der Waals surface area contributed by atoms with E-state index in [9.17, 15) is 4.79 Å². The van der Waals surface area contributed by atoms with Gasteiger partial charge < -0.3 is 15.1 Å². The van der Waals surface area contributed by atoms with Gasteiger partial charge in [0.25, 0.3) is 0 Å². The maximum atomic E-state index is 11.6. The van der Waals surface area contributed by atoms with Crippen LogP contribution in [0.1, 0.15) is 30.2 Å². The number of likely N-dealkylation sites (tertiary alicyclic amines) is 1. The third-order valence-electron chi connectivity index (χ3n) is 3.08. The molecule has 0 aromatic carbocycles. The largest absolute Gasteiger partial charge is 0.467 e. The Morgan fingerprint density at radius 2 is 2.33 bits per heavy atom. The standard InChI is InChI=1S/C11H16N2O2/c1-7-5-6-15-11(7)10-8(12)3-4-9(14)13(10)2/h5-6,8,10H,3-4,12H2,1-2H3. The zero-order valence-corrected chi connectivity index (χ0v) is 9.06. The predicted octanol–water partition coefficient (Wildman–Crippen LogP) is 1.21. The van der Waals surface area contributed by atoms with Crippen LogP contribution in [0.3, 0.4) is 0 Å². The number of rotatable bonds is 1. The van der Waals surface area contributed by atoms with E-state index in [1.807, 2.05) is 13.0 Å². The molecule has 0 saturated carbocycles. The number of furan rings is 1. The van der Waals surface area contributed by atoms with Crippen molar-refractivity contribution in [1.29, 1.82) is 0 Å². The number of aryl methyl sites for hydroxylation is 1.